The number of nitrogens with zero attached hydrogens (tertiary/aromatic N) is 1. The monoisotopic (exact) mass is 248 g/mol. The summed E-state index contributed by atoms with van der Waals surface area (Å²) in [4.78, 5) is 10.8. The van der Waals surface area contributed by atoms with Crippen LogP contribution in [0.15, 0.2) is 12.1 Å². The molecule has 5 heteroatoms. The maximum absolute atomic E-state index is 10.8. The average molecular weight is 248 g/mol. The zero-order valence-electron chi connectivity index (χ0n) is 10.7. The number of benzene rings is 1. The third kappa shape index (κ3) is 3.39. The smallest absolute Gasteiger partial charge is 0.322 e. The van der Waals surface area contributed by atoms with Gasteiger partial charge in [-0.15, -0.1) is 0 Å². The van der Waals surface area contributed by atoms with Crippen molar-refractivity contribution in [2.45, 2.75) is 13.3 Å². The minimum atomic E-state index is -0.625. The number of carbonyl (C=O) groups is 1. The van der Waals surface area contributed by atoms with Crippen molar-refractivity contribution in [2.24, 2.45) is 0 Å². The van der Waals surface area contributed by atoms with Crippen molar-refractivity contribution in [1.29, 1.82) is 5.26 Å². The van der Waals surface area contributed by atoms with Crippen LogP contribution in [0.1, 0.15) is 11.1 Å². The van der Waals surface area contributed by atoms with Gasteiger partial charge in [0.05, 0.1) is 14.2 Å². The highest BCUT2D eigenvalue weighted by Crippen LogP contribution is 2.28. The van der Waals surface area contributed by atoms with Crippen molar-refractivity contribution in [3.05, 3.63) is 23.3 Å². The number of nitriles is 1. The minimum Gasteiger partial charge on any atom is -0.497 e. The van der Waals surface area contributed by atoms with Crippen molar-refractivity contribution in [3.63, 3.8) is 0 Å². The standard InChI is InChI=1S/C13H16N2O3/c1-9-6-10(17-2)7-12(18-3)11(9)4-5-15-13(16)8-14/h6-7H,4-5H2,1-3H3,(H,15,16). The second kappa shape index (κ2) is 6.50. The summed E-state index contributed by atoms with van der Waals surface area (Å²) in [5.41, 5.74) is 2.02. The van der Waals surface area contributed by atoms with Crippen LogP contribution in [0, 0.1) is 18.3 Å². The Morgan fingerprint density at radius 2 is 2.11 bits per heavy atom. The molecule has 0 saturated heterocycles. The van der Waals surface area contributed by atoms with Crippen LogP contribution in [0.25, 0.3) is 0 Å². The molecule has 0 unspecified atom stereocenters. The van der Waals surface area contributed by atoms with E-state index in [9.17, 15) is 4.79 Å². The molecule has 0 atom stereocenters. The van der Waals surface area contributed by atoms with E-state index in [0.717, 1.165) is 22.6 Å². The summed E-state index contributed by atoms with van der Waals surface area (Å²) >= 11 is 0. The minimum absolute atomic E-state index is 0.399. The lowest BCUT2D eigenvalue weighted by Crippen LogP contribution is -2.24. The zero-order chi connectivity index (χ0) is 13.5. The highest BCUT2D eigenvalue weighted by atomic mass is 16.5. The van der Waals surface area contributed by atoms with Gasteiger partial charge in [-0.3, -0.25) is 4.79 Å². The second-order valence-corrected chi connectivity index (χ2v) is 3.74. The van der Waals surface area contributed by atoms with Crippen LogP contribution < -0.4 is 14.8 Å². The Balaban J connectivity index is 2.82. The van der Waals surface area contributed by atoms with E-state index in [1.807, 2.05) is 13.0 Å². The van der Waals surface area contributed by atoms with Crippen molar-refractivity contribution < 1.29 is 14.3 Å². The van der Waals surface area contributed by atoms with E-state index in [0.29, 0.717) is 13.0 Å². The normalized spacial score (nSPS) is 9.44. The molecular formula is C13H16N2O3. The number of hydrogen-bond donors (Lipinski definition) is 1. The quantitative estimate of drug-likeness (QED) is 0.795. The Morgan fingerprint density at radius 3 is 2.67 bits per heavy atom. The fourth-order valence-electron chi connectivity index (χ4n) is 1.71. The first-order chi connectivity index (χ1) is 8.62. The largest absolute Gasteiger partial charge is 0.497 e. The number of ether oxygens (including phenoxy) is 2. The van der Waals surface area contributed by atoms with Crippen LogP contribution in [0.4, 0.5) is 0 Å². The molecule has 18 heavy (non-hydrogen) atoms. The molecule has 5 nitrogen and oxygen atoms in total. The fourth-order valence-corrected chi connectivity index (χ4v) is 1.71. The lowest BCUT2D eigenvalue weighted by Gasteiger charge is -2.13. The Labute approximate surface area is 106 Å². The molecule has 1 amide bonds. The fraction of sp³-hybridized carbons (Fsp3) is 0.385. The molecule has 0 aliphatic heterocycles. The summed E-state index contributed by atoms with van der Waals surface area (Å²) in [6.07, 6.45) is 0.604. The first kappa shape index (κ1) is 13.8. The van der Waals surface area contributed by atoms with Gasteiger partial charge in [-0.05, 0) is 30.5 Å². The SMILES string of the molecule is COc1cc(C)c(CCNC(=O)C#N)c(OC)c1. The molecular weight excluding hydrogens is 232 g/mol. The van der Waals surface area contributed by atoms with Gasteiger partial charge >= 0.3 is 5.91 Å². The molecule has 0 saturated carbocycles. The van der Waals surface area contributed by atoms with Gasteiger partial charge in [0.1, 0.15) is 11.5 Å². The number of carbonyl (C=O) groups excluding carboxylic acids is 1. The third-order valence-corrected chi connectivity index (χ3v) is 2.62. The number of rotatable bonds is 5. The molecule has 0 heterocycles. The molecule has 0 radical (unpaired) electrons. The zero-order valence-corrected chi connectivity index (χ0v) is 10.7. The third-order valence-electron chi connectivity index (χ3n) is 2.62. The number of hydrogen-bond acceptors (Lipinski definition) is 4. The van der Waals surface area contributed by atoms with Gasteiger partial charge in [0.25, 0.3) is 0 Å². The topological polar surface area (TPSA) is 71.3 Å². The summed E-state index contributed by atoms with van der Waals surface area (Å²) < 4.78 is 10.5. The maximum atomic E-state index is 10.8. The van der Waals surface area contributed by atoms with E-state index < -0.39 is 5.91 Å². The van der Waals surface area contributed by atoms with Gasteiger partial charge in [0, 0.05) is 12.6 Å². The maximum Gasteiger partial charge on any atom is 0.322 e. The van der Waals surface area contributed by atoms with E-state index >= 15 is 0 Å². The van der Waals surface area contributed by atoms with Crippen LogP contribution in [0.5, 0.6) is 11.5 Å². The van der Waals surface area contributed by atoms with Gasteiger partial charge in [-0.1, -0.05) is 0 Å². The molecule has 0 fully saturated rings. The molecule has 1 aromatic rings. The molecule has 0 aliphatic rings. The molecule has 1 aromatic carbocycles. The van der Waals surface area contributed by atoms with Crippen molar-refractivity contribution in [3.8, 4) is 17.6 Å². The van der Waals surface area contributed by atoms with E-state index in [1.54, 1.807) is 20.3 Å². The van der Waals surface area contributed by atoms with Crippen LogP contribution in [-0.4, -0.2) is 26.7 Å². The number of methoxy groups -OCH3 is 2. The highest BCUT2D eigenvalue weighted by Gasteiger charge is 2.09. The lowest BCUT2D eigenvalue weighted by atomic mass is 10.0. The molecule has 1 N–H and O–H groups in total. The molecule has 0 bridgehead atoms. The Hall–Kier alpha value is -2.22. The van der Waals surface area contributed by atoms with Crippen LogP contribution in [0.3, 0.4) is 0 Å². The Morgan fingerprint density at radius 1 is 1.39 bits per heavy atom. The number of amides is 1. The van der Waals surface area contributed by atoms with Gasteiger partial charge in [-0.25, -0.2) is 0 Å². The van der Waals surface area contributed by atoms with Gasteiger partial charge in [0.15, 0.2) is 6.07 Å². The summed E-state index contributed by atoms with van der Waals surface area (Å²) in [7, 11) is 3.19. The van der Waals surface area contributed by atoms with Crippen LogP contribution in [0.2, 0.25) is 0 Å². The average Bonchev–Trinajstić information content (AvgIpc) is 2.39. The predicted octanol–water partition coefficient (Wildman–Crippen LogP) is 1.19. The first-order valence-corrected chi connectivity index (χ1v) is 5.51. The van der Waals surface area contributed by atoms with Crippen molar-refractivity contribution >= 4 is 5.91 Å². The summed E-state index contributed by atoms with van der Waals surface area (Å²) in [5, 5.41) is 10.9. The molecule has 0 aliphatic carbocycles. The first-order valence-electron chi connectivity index (χ1n) is 5.51. The number of nitrogens with one attached hydrogen (secondary N) is 1. The van der Waals surface area contributed by atoms with Crippen molar-refractivity contribution in [1.82, 2.24) is 5.32 Å². The van der Waals surface area contributed by atoms with E-state index in [2.05, 4.69) is 5.32 Å². The molecule has 0 aromatic heterocycles. The Bertz CT molecular complexity index is 478. The molecule has 1 rings (SSSR count). The summed E-state index contributed by atoms with van der Waals surface area (Å²) in [6.45, 7) is 2.35. The van der Waals surface area contributed by atoms with Gasteiger partial charge in [-0.2, -0.15) is 5.26 Å². The summed E-state index contributed by atoms with van der Waals surface area (Å²) in [5.74, 6) is 0.826. The van der Waals surface area contributed by atoms with Crippen LogP contribution >= 0.6 is 0 Å². The molecule has 0 spiro atoms. The van der Waals surface area contributed by atoms with E-state index in [-0.39, 0.29) is 0 Å². The van der Waals surface area contributed by atoms with E-state index in [1.165, 1.54) is 6.07 Å². The Kier molecular flexibility index (Phi) is 5.00. The summed E-state index contributed by atoms with van der Waals surface area (Å²) in [6, 6.07) is 5.22. The van der Waals surface area contributed by atoms with Gasteiger partial charge < -0.3 is 14.8 Å². The van der Waals surface area contributed by atoms with Crippen molar-refractivity contribution in [2.75, 3.05) is 20.8 Å². The predicted molar refractivity (Wildman–Crippen MR) is 66.6 cm³/mol. The van der Waals surface area contributed by atoms with Gasteiger partial charge in [0.2, 0.25) is 0 Å². The lowest BCUT2D eigenvalue weighted by molar-refractivity contribution is -0.115. The second-order valence-electron chi connectivity index (χ2n) is 3.74. The molecule has 96 valence electrons. The highest BCUT2D eigenvalue weighted by molar-refractivity contribution is 5.91. The van der Waals surface area contributed by atoms with E-state index in [4.69, 9.17) is 14.7 Å². The number of aryl methyl sites for hydroxylation is 1. The van der Waals surface area contributed by atoms with Crippen LogP contribution in [-0.2, 0) is 11.2 Å².